The Hall–Kier alpha value is -1.43. The Bertz CT molecular complexity index is 622. The number of nitrogens with zero attached hydrogens (tertiary/aromatic N) is 3. The van der Waals surface area contributed by atoms with Crippen LogP contribution >= 0.6 is 11.6 Å². The first kappa shape index (κ1) is 14.5. The molecule has 0 amide bonds. The molecule has 1 unspecified atom stereocenters. The molecule has 1 atom stereocenters. The Labute approximate surface area is 129 Å². The minimum absolute atomic E-state index is 0.222. The molecule has 112 valence electrons. The van der Waals surface area contributed by atoms with Gasteiger partial charge in [0.05, 0.1) is 6.04 Å². The second-order valence-corrected chi connectivity index (χ2v) is 5.89. The lowest BCUT2D eigenvalue weighted by molar-refractivity contribution is 0.306. The minimum Gasteiger partial charge on any atom is -0.334 e. The van der Waals surface area contributed by atoms with Crippen molar-refractivity contribution in [3.63, 3.8) is 0 Å². The van der Waals surface area contributed by atoms with E-state index in [1.54, 1.807) is 0 Å². The highest BCUT2D eigenvalue weighted by molar-refractivity contribution is 6.31. The Kier molecular flexibility index (Phi) is 4.24. The molecule has 0 saturated carbocycles. The van der Waals surface area contributed by atoms with Crippen molar-refractivity contribution in [2.45, 2.75) is 25.8 Å². The van der Waals surface area contributed by atoms with Gasteiger partial charge in [0, 0.05) is 17.1 Å². The zero-order valence-electron chi connectivity index (χ0n) is 12.1. The number of aromatic nitrogens is 2. The minimum atomic E-state index is -0.222. The van der Waals surface area contributed by atoms with Crippen LogP contribution < -0.4 is 5.73 Å². The SMILES string of the molecule is Cc1c(Cl)cccc1-c1nc(C(N)CN2CCCC2)no1. The van der Waals surface area contributed by atoms with Crippen LogP contribution in [-0.2, 0) is 0 Å². The molecule has 5 nitrogen and oxygen atoms in total. The van der Waals surface area contributed by atoms with Gasteiger partial charge < -0.3 is 15.2 Å². The van der Waals surface area contributed by atoms with Crippen LogP contribution in [0, 0.1) is 6.92 Å². The first-order chi connectivity index (χ1) is 10.1. The van der Waals surface area contributed by atoms with Crippen LogP contribution in [0.1, 0.15) is 30.3 Å². The quantitative estimate of drug-likeness (QED) is 0.940. The molecular weight excluding hydrogens is 288 g/mol. The second-order valence-electron chi connectivity index (χ2n) is 5.48. The zero-order valence-corrected chi connectivity index (χ0v) is 12.8. The van der Waals surface area contributed by atoms with Crippen molar-refractivity contribution < 1.29 is 4.52 Å². The summed E-state index contributed by atoms with van der Waals surface area (Å²) in [5.41, 5.74) is 7.97. The highest BCUT2D eigenvalue weighted by Gasteiger charge is 2.21. The van der Waals surface area contributed by atoms with Gasteiger partial charge in [-0.1, -0.05) is 22.8 Å². The maximum absolute atomic E-state index is 6.18. The molecule has 2 N–H and O–H groups in total. The molecule has 21 heavy (non-hydrogen) atoms. The van der Waals surface area contributed by atoms with E-state index in [1.165, 1.54) is 12.8 Å². The summed E-state index contributed by atoms with van der Waals surface area (Å²) in [5.74, 6) is 1.03. The van der Waals surface area contributed by atoms with Gasteiger partial charge in [-0.15, -0.1) is 0 Å². The molecule has 1 saturated heterocycles. The van der Waals surface area contributed by atoms with Gasteiger partial charge in [0.2, 0.25) is 0 Å². The van der Waals surface area contributed by atoms with Gasteiger partial charge in [-0.2, -0.15) is 4.98 Å². The van der Waals surface area contributed by atoms with Gasteiger partial charge in [-0.3, -0.25) is 0 Å². The van der Waals surface area contributed by atoms with Crippen molar-refractivity contribution in [1.82, 2.24) is 15.0 Å². The lowest BCUT2D eigenvalue weighted by Gasteiger charge is -2.17. The Balaban J connectivity index is 1.77. The molecule has 0 spiro atoms. The van der Waals surface area contributed by atoms with Crippen LogP contribution in [0.15, 0.2) is 22.7 Å². The summed E-state index contributed by atoms with van der Waals surface area (Å²) in [6, 6.07) is 5.42. The fourth-order valence-corrected chi connectivity index (χ4v) is 2.83. The van der Waals surface area contributed by atoms with E-state index in [-0.39, 0.29) is 6.04 Å². The van der Waals surface area contributed by atoms with Crippen molar-refractivity contribution in [3.05, 3.63) is 34.6 Å². The van der Waals surface area contributed by atoms with Crippen molar-refractivity contribution in [2.75, 3.05) is 19.6 Å². The smallest absolute Gasteiger partial charge is 0.258 e. The lowest BCUT2D eigenvalue weighted by atomic mass is 10.1. The van der Waals surface area contributed by atoms with E-state index in [0.29, 0.717) is 16.7 Å². The molecule has 2 aromatic rings. The summed E-state index contributed by atoms with van der Waals surface area (Å²) in [6.45, 7) is 4.91. The fourth-order valence-electron chi connectivity index (χ4n) is 2.66. The number of likely N-dealkylation sites (tertiary alicyclic amines) is 1. The fraction of sp³-hybridized carbons (Fsp3) is 0.467. The maximum Gasteiger partial charge on any atom is 0.258 e. The molecule has 0 radical (unpaired) electrons. The van der Waals surface area contributed by atoms with Crippen molar-refractivity contribution in [2.24, 2.45) is 5.73 Å². The lowest BCUT2D eigenvalue weighted by Crippen LogP contribution is -2.30. The highest BCUT2D eigenvalue weighted by atomic mass is 35.5. The summed E-state index contributed by atoms with van der Waals surface area (Å²) in [7, 11) is 0. The number of halogens is 1. The van der Waals surface area contributed by atoms with Crippen LogP contribution in [0.2, 0.25) is 5.02 Å². The summed E-state index contributed by atoms with van der Waals surface area (Å²) in [4.78, 5) is 6.77. The van der Waals surface area contributed by atoms with E-state index >= 15 is 0 Å². The average molecular weight is 307 g/mol. The topological polar surface area (TPSA) is 68.2 Å². The molecule has 1 aromatic heterocycles. The molecule has 1 fully saturated rings. The monoisotopic (exact) mass is 306 g/mol. The summed E-state index contributed by atoms with van der Waals surface area (Å²) >= 11 is 6.13. The van der Waals surface area contributed by atoms with E-state index in [2.05, 4.69) is 15.0 Å². The van der Waals surface area contributed by atoms with E-state index in [4.69, 9.17) is 21.9 Å². The molecule has 0 aliphatic carbocycles. The predicted molar refractivity (Wildman–Crippen MR) is 82.1 cm³/mol. The molecular formula is C15H19ClN4O. The van der Waals surface area contributed by atoms with E-state index < -0.39 is 0 Å². The average Bonchev–Trinajstić information content (AvgIpc) is 3.12. The van der Waals surface area contributed by atoms with E-state index in [1.807, 2.05) is 25.1 Å². The standard InChI is InChI=1S/C15H19ClN4O/c1-10-11(5-4-6-12(10)16)15-18-14(19-21-15)13(17)9-20-7-2-3-8-20/h4-6,13H,2-3,7-9,17H2,1H3. The van der Waals surface area contributed by atoms with Gasteiger partial charge >= 0.3 is 0 Å². The van der Waals surface area contributed by atoms with E-state index in [0.717, 1.165) is 30.8 Å². The number of hydrogen-bond donors (Lipinski definition) is 1. The number of hydrogen-bond acceptors (Lipinski definition) is 5. The van der Waals surface area contributed by atoms with Crippen LogP contribution in [0.5, 0.6) is 0 Å². The molecule has 2 heterocycles. The van der Waals surface area contributed by atoms with E-state index in [9.17, 15) is 0 Å². The molecule has 1 aliphatic heterocycles. The molecule has 6 heteroatoms. The van der Waals surface area contributed by atoms with Gasteiger partial charge in [-0.25, -0.2) is 0 Å². The Morgan fingerprint density at radius 2 is 2.14 bits per heavy atom. The predicted octanol–water partition coefficient (Wildman–Crippen LogP) is 2.79. The molecule has 1 aliphatic rings. The Morgan fingerprint density at radius 3 is 2.90 bits per heavy atom. The first-order valence-corrected chi connectivity index (χ1v) is 7.60. The molecule has 1 aromatic carbocycles. The van der Waals surface area contributed by atoms with Crippen LogP contribution in [0.3, 0.4) is 0 Å². The third kappa shape index (κ3) is 3.10. The summed E-state index contributed by atoms with van der Waals surface area (Å²) in [6.07, 6.45) is 2.48. The molecule has 0 bridgehead atoms. The van der Waals surface area contributed by atoms with Gasteiger partial charge in [0.25, 0.3) is 5.89 Å². The summed E-state index contributed by atoms with van der Waals surface area (Å²) in [5, 5.41) is 4.71. The number of rotatable bonds is 4. The zero-order chi connectivity index (χ0) is 14.8. The highest BCUT2D eigenvalue weighted by Crippen LogP contribution is 2.27. The van der Waals surface area contributed by atoms with Crippen molar-refractivity contribution in [3.8, 4) is 11.5 Å². The third-order valence-electron chi connectivity index (χ3n) is 3.93. The maximum atomic E-state index is 6.18. The third-order valence-corrected chi connectivity index (χ3v) is 4.33. The van der Waals surface area contributed by atoms with Crippen molar-refractivity contribution in [1.29, 1.82) is 0 Å². The summed E-state index contributed by atoms with van der Waals surface area (Å²) < 4.78 is 5.35. The van der Waals surface area contributed by atoms with Gasteiger partial charge in [0.1, 0.15) is 0 Å². The van der Waals surface area contributed by atoms with Crippen LogP contribution in [0.25, 0.3) is 11.5 Å². The van der Waals surface area contributed by atoms with Crippen LogP contribution in [0.4, 0.5) is 0 Å². The number of benzene rings is 1. The Morgan fingerprint density at radius 1 is 1.38 bits per heavy atom. The van der Waals surface area contributed by atoms with Gasteiger partial charge in [0.15, 0.2) is 5.82 Å². The first-order valence-electron chi connectivity index (χ1n) is 7.22. The second kappa shape index (κ2) is 6.13. The number of nitrogens with two attached hydrogens (primary N) is 1. The molecule has 3 rings (SSSR count). The van der Waals surface area contributed by atoms with Crippen LogP contribution in [-0.4, -0.2) is 34.7 Å². The largest absolute Gasteiger partial charge is 0.334 e. The van der Waals surface area contributed by atoms with Crippen molar-refractivity contribution >= 4 is 11.6 Å². The van der Waals surface area contributed by atoms with Gasteiger partial charge in [-0.05, 0) is 50.6 Å². The normalized spacial score (nSPS) is 17.3.